The zero-order valence-electron chi connectivity index (χ0n) is 9.65. The summed E-state index contributed by atoms with van der Waals surface area (Å²) in [6.45, 7) is 0.668. The highest BCUT2D eigenvalue weighted by atomic mass is 32.2. The molecule has 2 N–H and O–H groups in total. The summed E-state index contributed by atoms with van der Waals surface area (Å²) < 4.78 is 23.6. The lowest BCUT2D eigenvalue weighted by atomic mass is 10.0. The van der Waals surface area contributed by atoms with Crippen molar-refractivity contribution in [2.75, 3.05) is 19.0 Å². The molecule has 0 bridgehead atoms. The first kappa shape index (κ1) is 12.5. The second-order valence-corrected chi connectivity index (χ2v) is 6.35. The number of hydrogen-bond acceptors (Lipinski definition) is 4. The SMILES string of the molecule is O=S1(=O)CCCc2cc(CCNCO)ccc21. The summed E-state index contributed by atoms with van der Waals surface area (Å²) >= 11 is 0. The second kappa shape index (κ2) is 5.16. The number of nitrogens with one attached hydrogen (secondary N) is 1. The van der Waals surface area contributed by atoms with Crippen LogP contribution in [-0.2, 0) is 22.7 Å². The third-order valence-electron chi connectivity index (χ3n) is 3.02. The van der Waals surface area contributed by atoms with Gasteiger partial charge in [-0.25, -0.2) is 8.42 Å². The number of sulfone groups is 1. The third kappa shape index (κ3) is 2.86. The molecular weight excluding hydrogens is 238 g/mol. The number of fused-ring (bicyclic) bond motifs is 1. The fourth-order valence-electron chi connectivity index (χ4n) is 2.16. The average molecular weight is 255 g/mol. The van der Waals surface area contributed by atoms with E-state index < -0.39 is 9.84 Å². The van der Waals surface area contributed by atoms with Gasteiger partial charge in [-0.3, -0.25) is 5.32 Å². The highest BCUT2D eigenvalue weighted by Gasteiger charge is 2.23. The van der Waals surface area contributed by atoms with Gasteiger partial charge in [0.2, 0.25) is 0 Å². The molecule has 0 aliphatic carbocycles. The van der Waals surface area contributed by atoms with Crippen molar-refractivity contribution >= 4 is 9.84 Å². The van der Waals surface area contributed by atoms with Gasteiger partial charge in [0.1, 0.15) is 0 Å². The van der Waals surface area contributed by atoms with Crippen molar-refractivity contribution in [2.24, 2.45) is 0 Å². The van der Waals surface area contributed by atoms with E-state index in [-0.39, 0.29) is 12.5 Å². The third-order valence-corrected chi connectivity index (χ3v) is 4.92. The van der Waals surface area contributed by atoms with Crippen LogP contribution >= 0.6 is 0 Å². The van der Waals surface area contributed by atoms with Crippen LogP contribution in [-0.4, -0.2) is 32.6 Å². The Hall–Kier alpha value is -0.910. The number of hydrogen-bond donors (Lipinski definition) is 2. The lowest BCUT2D eigenvalue weighted by molar-refractivity contribution is 0.262. The zero-order valence-corrected chi connectivity index (χ0v) is 10.5. The molecule has 17 heavy (non-hydrogen) atoms. The van der Waals surface area contributed by atoms with Gasteiger partial charge in [0.05, 0.1) is 17.4 Å². The number of aliphatic hydroxyl groups excluding tert-OH is 1. The first-order valence-corrected chi connectivity index (χ1v) is 7.45. The zero-order chi connectivity index (χ0) is 12.3. The first-order valence-electron chi connectivity index (χ1n) is 5.79. The first-order chi connectivity index (χ1) is 8.13. The maximum Gasteiger partial charge on any atom is 0.178 e. The van der Waals surface area contributed by atoms with E-state index in [1.807, 2.05) is 12.1 Å². The summed E-state index contributed by atoms with van der Waals surface area (Å²) in [6.07, 6.45) is 2.36. The van der Waals surface area contributed by atoms with E-state index in [9.17, 15) is 8.42 Å². The molecule has 0 radical (unpaired) electrons. The summed E-state index contributed by atoms with van der Waals surface area (Å²) in [4.78, 5) is 0.502. The minimum atomic E-state index is -3.04. The van der Waals surface area contributed by atoms with Crippen LogP contribution in [0.1, 0.15) is 17.5 Å². The summed E-state index contributed by atoms with van der Waals surface area (Å²) in [5.41, 5.74) is 2.06. The Labute approximate surface area is 102 Å². The monoisotopic (exact) mass is 255 g/mol. The standard InChI is InChI=1S/C12H17NO3S/c14-9-13-6-5-10-3-4-12-11(8-10)2-1-7-17(12,15)16/h3-4,8,13-14H,1-2,5-7,9H2. The Morgan fingerprint density at radius 2 is 2.18 bits per heavy atom. The normalized spacial score (nSPS) is 17.7. The van der Waals surface area contributed by atoms with Crippen molar-refractivity contribution in [1.29, 1.82) is 0 Å². The van der Waals surface area contributed by atoms with Crippen LogP contribution in [0.25, 0.3) is 0 Å². The van der Waals surface area contributed by atoms with Crippen molar-refractivity contribution in [1.82, 2.24) is 5.32 Å². The molecule has 0 fully saturated rings. The molecule has 0 spiro atoms. The Morgan fingerprint density at radius 1 is 1.35 bits per heavy atom. The fourth-order valence-corrected chi connectivity index (χ4v) is 3.74. The molecule has 94 valence electrons. The van der Waals surface area contributed by atoms with E-state index in [1.165, 1.54) is 0 Å². The van der Waals surface area contributed by atoms with E-state index >= 15 is 0 Å². The lowest BCUT2D eigenvalue weighted by Gasteiger charge is -2.17. The predicted molar refractivity (Wildman–Crippen MR) is 65.6 cm³/mol. The summed E-state index contributed by atoms with van der Waals surface area (Å²) in [7, 11) is -3.04. The number of aryl methyl sites for hydroxylation is 1. The Balaban J connectivity index is 2.20. The minimum absolute atomic E-state index is 0.0285. The predicted octanol–water partition coefficient (Wildman–Crippen LogP) is 0.488. The maximum atomic E-state index is 11.8. The van der Waals surface area contributed by atoms with Crippen LogP contribution in [0.3, 0.4) is 0 Å². The topological polar surface area (TPSA) is 66.4 Å². The molecule has 0 saturated carbocycles. The van der Waals surface area contributed by atoms with Crippen molar-refractivity contribution in [3.63, 3.8) is 0 Å². The molecular formula is C12H17NO3S. The van der Waals surface area contributed by atoms with Crippen LogP contribution in [0.15, 0.2) is 23.1 Å². The molecule has 4 nitrogen and oxygen atoms in total. The van der Waals surface area contributed by atoms with Crippen LogP contribution in [0.4, 0.5) is 0 Å². The maximum absolute atomic E-state index is 11.8. The van der Waals surface area contributed by atoms with Gasteiger partial charge < -0.3 is 5.11 Å². The minimum Gasteiger partial charge on any atom is -0.381 e. The molecule has 0 atom stereocenters. The number of aliphatic hydroxyl groups is 1. The van der Waals surface area contributed by atoms with Crippen LogP contribution in [0.2, 0.25) is 0 Å². The van der Waals surface area contributed by atoms with E-state index in [0.717, 1.165) is 24.0 Å². The van der Waals surface area contributed by atoms with Gasteiger partial charge in [0, 0.05) is 6.54 Å². The van der Waals surface area contributed by atoms with Crippen molar-refractivity contribution in [2.45, 2.75) is 24.2 Å². The largest absolute Gasteiger partial charge is 0.381 e. The molecule has 0 aromatic heterocycles. The van der Waals surface area contributed by atoms with Gasteiger partial charge >= 0.3 is 0 Å². The van der Waals surface area contributed by atoms with Gasteiger partial charge in [-0.2, -0.15) is 0 Å². The molecule has 5 heteroatoms. The van der Waals surface area contributed by atoms with Crippen molar-refractivity contribution < 1.29 is 13.5 Å². The van der Waals surface area contributed by atoms with Gasteiger partial charge in [-0.05, 0) is 36.5 Å². The van der Waals surface area contributed by atoms with Crippen LogP contribution in [0.5, 0.6) is 0 Å². The molecule has 1 aliphatic rings. The van der Waals surface area contributed by atoms with Crippen LogP contribution in [0, 0.1) is 0 Å². The summed E-state index contributed by atoms with van der Waals surface area (Å²) in [5.74, 6) is 0.269. The molecule has 0 saturated heterocycles. The second-order valence-electron chi connectivity index (χ2n) is 4.27. The molecule has 1 aromatic carbocycles. The molecule has 1 aromatic rings. The van der Waals surface area contributed by atoms with E-state index in [2.05, 4.69) is 5.32 Å². The van der Waals surface area contributed by atoms with Gasteiger partial charge in [0.15, 0.2) is 9.84 Å². The fraction of sp³-hybridized carbons (Fsp3) is 0.500. The number of rotatable bonds is 4. The molecule has 1 aliphatic heterocycles. The van der Waals surface area contributed by atoms with Gasteiger partial charge in [-0.15, -0.1) is 0 Å². The molecule has 2 rings (SSSR count). The summed E-state index contributed by atoms with van der Waals surface area (Å²) in [5, 5.41) is 11.4. The Kier molecular flexibility index (Phi) is 3.81. The Bertz CT molecular complexity index is 496. The van der Waals surface area contributed by atoms with E-state index in [4.69, 9.17) is 5.11 Å². The average Bonchev–Trinajstić information content (AvgIpc) is 2.29. The Morgan fingerprint density at radius 3 is 2.94 bits per heavy atom. The lowest BCUT2D eigenvalue weighted by Crippen LogP contribution is -2.19. The highest BCUT2D eigenvalue weighted by Crippen LogP contribution is 2.25. The van der Waals surface area contributed by atoms with Gasteiger partial charge in [-0.1, -0.05) is 12.1 Å². The highest BCUT2D eigenvalue weighted by molar-refractivity contribution is 7.91. The van der Waals surface area contributed by atoms with Gasteiger partial charge in [0.25, 0.3) is 0 Å². The van der Waals surface area contributed by atoms with Crippen molar-refractivity contribution in [3.8, 4) is 0 Å². The number of benzene rings is 1. The summed E-state index contributed by atoms with van der Waals surface area (Å²) in [6, 6.07) is 5.56. The van der Waals surface area contributed by atoms with Crippen LogP contribution < -0.4 is 5.32 Å². The van der Waals surface area contributed by atoms with Crippen molar-refractivity contribution in [3.05, 3.63) is 29.3 Å². The van der Waals surface area contributed by atoms with E-state index in [0.29, 0.717) is 17.9 Å². The molecule has 1 heterocycles. The smallest absolute Gasteiger partial charge is 0.178 e. The molecule has 0 amide bonds. The molecule has 0 unspecified atom stereocenters. The quantitative estimate of drug-likeness (QED) is 0.607. The van der Waals surface area contributed by atoms with E-state index in [1.54, 1.807) is 6.07 Å².